The fraction of sp³-hybridized carbons (Fsp3) is 0.746. The number of hydrogen-bond acceptors (Lipinski definition) is 18. The number of carbonyl (C=O) groups excluding carboxylic acids is 1. The van der Waals surface area contributed by atoms with Crippen molar-refractivity contribution < 1.29 is 89.4 Å². The Labute approximate surface area is 463 Å². The lowest BCUT2D eigenvalue weighted by Gasteiger charge is -2.48. The maximum atomic E-state index is 13.2. The third kappa shape index (κ3) is 25.8. The first-order valence-corrected chi connectivity index (χ1v) is 28.8. The Morgan fingerprint density at radius 1 is 0.474 bits per heavy atom. The zero-order chi connectivity index (χ0) is 56.9. The van der Waals surface area contributed by atoms with E-state index in [2.05, 4.69) is 79.9 Å². The number of carbonyl (C=O) groups is 1. The zero-order valence-electron chi connectivity index (χ0n) is 46.4. The Bertz CT molecular complexity index is 1750. The summed E-state index contributed by atoms with van der Waals surface area (Å²) in [5.41, 5.74) is 0. The Kier molecular flexibility index (Phi) is 37.2. The number of aliphatic hydroxyl groups excluding tert-OH is 11. The number of rotatable bonds is 40. The first-order chi connectivity index (χ1) is 37.8. The summed E-state index contributed by atoms with van der Waals surface area (Å²) in [4.78, 5) is 13.2. The summed E-state index contributed by atoms with van der Waals surface area (Å²) in [5, 5.41) is 120. The third-order valence-corrected chi connectivity index (χ3v) is 13.9. The molecule has 3 heterocycles. The van der Waals surface area contributed by atoms with Gasteiger partial charge in [-0.15, -0.1) is 0 Å². The van der Waals surface area contributed by atoms with Gasteiger partial charge in [0.05, 0.1) is 38.6 Å². The van der Waals surface area contributed by atoms with Crippen LogP contribution < -0.4 is 5.32 Å². The first kappa shape index (κ1) is 69.2. The van der Waals surface area contributed by atoms with Gasteiger partial charge in [0.2, 0.25) is 5.91 Å². The minimum absolute atomic E-state index is 0.106. The second-order valence-electron chi connectivity index (χ2n) is 20.3. The van der Waals surface area contributed by atoms with Crippen LogP contribution in [0.25, 0.3) is 0 Å². The van der Waals surface area contributed by atoms with Crippen LogP contribution in [0.5, 0.6) is 0 Å². The van der Waals surface area contributed by atoms with Gasteiger partial charge in [0.25, 0.3) is 0 Å². The number of unbranched alkanes of at least 4 members (excludes halogenated alkanes) is 12. The Balaban J connectivity index is 1.55. The highest BCUT2D eigenvalue weighted by Crippen LogP contribution is 2.33. The molecule has 19 nitrogen and oxygen atoms in total. The molecular formula is C59H99NO18. The van der Waals surface area contributed by atoms with Crippen LogP contribution in [-0.2, 0) is 33.2 Å². The van der Waals surface area contributed by atoms with Crippen LogP contribution in [0.3, 0.4) is 0 Å². The van der Waals surface area contributed by atoms with Gasteiger partial charge < -0.3 is 89.9 Å². The molecule has 0 aromatic heterocycles. The van der Waals surface area contributed by atoms with Crippen LogP contribution in [0.2, 0.25) is 0 Å². The predicted molar refractivity (Wildman–Crippen MR) is 295 cm³/mol. The molecule has 0 aromatic rings. The van der Waals surface area contributed by atoms with Crippen LogP contribution in [-0.4, -0.2) is 193 Å². The highest BCUT2D eigenvalue weighted by Gasteiger charge is 2.53. The number of hydrogen-bond donors (Lipinski definition) is 12. The van der Waals surface area contributed by atoms with Crippen molar-refractivity contribution in [3.63, 3.8) is 0 Å². The molecule has 3 aliphatic heterocycles. The van der Waals surface area contributed by atoms with Gasteiger partial charge in [-0.1, -0.05) is 157 Å². The molecule has 17 unspecified atom stereocenters. The second-order valence-corrected chi connectivity index (χ2v) is 20.3. The smallest absolute Gasteiger partial charge is 0.220 e. The van der Waals surface area contributed by atoms with Crippen LogP contribution in [0.1, 0.15) is 149 Å². The fourth-order valence-electron chi connectivity index (χ4n) is 9.17. The normalized spacial score (nSPS) is 31.1. The molecule has 3 saturated heterocycles. The van der Waals surface area contributed by atoms with Crippen molar-refractivity contribution in [2.45, 2.75) is 253 Å². The van der Waals surface area contributed by atoms with Gasteiger partial charge >= 0.3 is 0 Å². The molecule has 78 heavy (non-hydrogen) atoms. The maximum absolute atomic E-state index is 13.2. The fourth-order valence-corrected chi connectivity index (χ4v) is 9.17. The largest absolute Gasteiger partial charge is 0.394 e. The molecule has 3 rings (SSSR count). The maximum Gasteiger partial charge on any atom is 0.220 e. The number of aliphatic hydroxyl groups is 11. The standard InChI is InChI=1S/C59H99NO18/c1-3-5-7-9-11-13-15-17-18-19-20-21-22-23-25-26-28-30-32-34-36-43(64)42(60-47(65)37-35-33-31-29-27-24-16-14-12-10-8-6-4-2)41-73-57-53(71)50(68)55(45(39-62)75-57)78-59-54(72)51(69)56(46(40-63)76-59)77-58-52(70)49(67)48(66)44(38-61)74-58/h6,8,12,14,21-22,24,26-28,31,33-34,36,42-46,48-59,61-64,66-72H,3-5,7,9-11,13,15-20,23,25,29-30,32,35,37-41H2,1-2H3,(H,60,65)/b8-6-,14-12-,22-21+,27-24-,28-26+,33-31-,36-34+. The predicted octanol–water partition coefficient (Wildman–Crippen LogP) is 4.42. The van der Waals surface area contributed by atoms with E-state index in [1.54, 1.807) is 12.2 Å². The van der Waals surface area contributed by atoms with Crippen molar-refractivity contribution in [3.05, 3.63) is 85.1 Å². The Hall–Kier alpha value is -3.03. The van der Waals surface area contributed by atoms with Crippen LogP contribution in [0, 0.1) is 0 Å². The topological polar surface area (TPSA) is 307 Å². The van der Waals surface area contributed by atoms with Gasteiger partial charge in [0, 0.05) is 6.42 Å². The molecule has 0 aromatic carbocycles. The summed E-state index contributed by atoms with van der Waals surface area (Å²) in [6.45, 7) is 1.49. The average molecular weight is 1110 g/mol. The van der Waals surface area contributed by atoms with Gasteiger partial charge in [0.15, 0.2) is 18.9 Å². The van der Waals surface area contributed by atoms with Crippen LogP contribution >= 0.6 is 0 Å². The zero-order valence-corrected chi connectivity index (χ0v) is 46.4. The van der Waals surface area contributed by atoms with E-state index in [-0.39, 0.29) is 12.3 Å². The molecule has 19 heteroatoms. The lowest BCUT2D eigenvalue weighted by molar-refractivity contribution is -0.379. The van der Waals surface area contributed by atoms with Crippen LogP contribution in [0.4, 0.5) is 0 Å². The van der Waals surface area contributed by atoms with Crippen molar-refractivity contribution in [2.75, 3.05) is 26.4 Å². The van der Waals surface area contributed by atoms with Crippen LogP contribution in [0.15, 0.2) is 85.1 Å². The number of nitrogens with one attached hydrogen (secondary N) is 1. The van der Waals surface area contributed by atoms with E-state index in [1.165, 1.54) is 64.2 Å². The van der Waals surface area contributed by atoms with E-state index in [9.17, 15) is 61.0 Å². The molecule has 1 amide bonds. The molecule has 12 N–H and O–H groups in total. The lowest BCUT2D eigenvalue weighted by Crippen LogP contribution is -2.66. The summed E-state index contributed by atoms with van der Waals surface area (Å²) < 4.78 is 34.1. The molecule has 0 spiro atoms. The van der Waals surface area contributed by atoms with E-state index >= 15 is 0 Å². The highest BCUT2D eigenvalue weighted by molar-refractivity contribution is 5.76. The number of amides is 1. The van der Waals surface area contributed by atoms with E-state index < -0.39 is 131 Å². The Morgan fingerprint density at radius 2 is 0.897 bits per heavy atom. The third-order valence-electron chi connectivity index (χ3n) is 13.9. The quantitative estimate of drug-likeness (QED) is 0.0299. The van der Waals surface area contributed by atoms with E-state index in [0.29, 0.717) is 19.3 Å². The molecule has 17 atom stereocenters. The second kappa shape index (κ2) is 41.9. The van der Waals surface area contributed by atoms with E-state index in [0.717, 1.165) is 44.9 Å². The minimum atomic E-state index is -1.99. The summed E-state index contributed by atoms with van der Waals surface area (Å²) >= 11 is 0. The molecular weight excluding hydrogens is 1010 g/mol. The molecule has 3 aliphatic rings. The summed E-state index contributed by atoms with van der Waals surface area (Å²) in [5.74, 6) is -0.374. The van der Waals surface area contributed by atoms with Gasteiger partial charge in [-0.3, -0.25) is 4.79 Å². The van der Waals surface area contributed by atoms with Crippen molar-refractivity contribution in [2.24, 2.45) is 0 Å². The van der Waals surface area contributed by atoms with E-state index in [1.807, 2.05) is 12.2 Å². The van der Waals surface area contributed by atoms with Crippen molar-refractivity contribution in [1.82, 2.24) is 5.32 Å². The van der Waals surface area contributed by atoms with E-state index in [4.69, 9.17) is 28.4 Å². The lowest BCUT2D eigenvalue weighted by atomic mass is 9.96. The summed E-state index contributed by atoms with van der Waals surface area (Å²) in [6, 6.07) is -1.04. The first-order valence-electron chi connectivity index (χ1n) is 28.8. The van der Waals surface area contributed by atoms with Crippen molar-refractivity contribution in [3.8, 4) is 0 Å². The monoisotopic (exact) mass is 1110 g/mol. The average Bonchev–Trinajstić information content (AvgIpc) is 3.43. The van der Waals surface area contributed by atoms with Crippen molar-refractivity contribution in [1.29, 1.82) is 0 Å². The minimum Gasteiger partial charge on any atom is -0.394 e. The number of allylic oxidation sites excluding steroid dienone is 13. The van der Waals surface area contributed by atoms with Gasteiger partial charge in [-0.05, 0) is 70.6 Å². The molecule has 0 radical (unpaired) electrons. The molecule has 0 bridgehead atoms. The molecule has 0 aliphatic carbocycles. The highest BCUT2D eigenvalue weighted by atomic mass is 16.8. The Morgan fingerprint density at radius 3 is 1.42 bits per heavy atom. The van der Waals surface area contributed by atoms with Gasteiger partial charge in [-0.25, -0.2) is 0 Å². The molecule has 3 fully saturated rings. The summed E-state index contributed by atoms with van der Waals surface area (Å²) in [6.07, 6.45) is 23.1. The van der Waals surface area contributed by atoms with Crippen molar-refractivity contribution >= 4 is 5.91 Å². The SMILES string of the molecule is CC/C=C\C/C=C\C/C=C\C/C=C\CCC(=O)NC(COC1OC(CO)C(OC2OC(CO)C(OC3OC(CO)C(O)C(O)C3O)C(O)C2O)C(O)C1O)C(O)/C=C/CC/C=C/CC/C=C/CCCCCCCCCCCC. The number of ether oxygens (including phenoxy) is 6. The molecule has 448 valence electrons. The van der Waals surface area contributed by atoms with Gasteiger partial charge in [-0.2, -0.15) is 0 Å². The van der Waals surface area contributed by atoms with Gasteiger partial charge in [0.1, 0.15) is 73.2 Å². The molecule has 0 saturated carbocycles. The summed E-state index contributed by atoms with van der Waals surface area (Å²) in [7, 11) is 0.